The topological polar surface area (TPSA) is 84.2 Å². The van der Waals surface area contributed by atoms with Gasteiger partial charge in [0.25, 0.3) is 5.91 Å². The van der Waals surface area contributed by atoms with E-state index in [-0.39, 0.29) is 36.2 Å². The molecule has 2 amide bonds. The van der Waals surface area contributed by atoms with Gasteiger partial charge < -0.3 is 16.4 Å². The van der Waals surface area contributed by atoms with Gasteiger partial charge in [0, 0.05) is 17.4 Å². The number of rotatable bonds is 5. The summed E-state index contributed by atoms with van der Waals surface area (Å²) in [5.74, 6) is -0.527. The molecule has 0 fully saturated rings. The van der Waals surface area contributed by atoms with Gasteiger partial charge in [-0.1, -0.05) is 13.0 Å². The van der Waals surface area contributed by atoms with Gasteiger partial charge in [-0.15, -0.1) is 23.7 Å². The van der Waals surface area contributed by atoms with Crippen molar-refractivity contribution in [1.82, 2.24) is 0 Å². The maximum atomic E-state index is 11.9. The van der Waals surface area contributed by atoms with E-state index >= 15 is 0 Å². The van der Waals surface area contributed by atoms with Crippen LogP contribution in [0.3, 0.4) is 0 Å². The normalized spacial score (nSPS) is 12.7. The van der Waals surface area contributed by atoms with Crippen LogP contribution in [0.4, 0.5) is 11.4 Å². The van der Waals surface area contributed by atoms with Crippen LogP contribution in [0, 0.1) is 5.92 Å². The first-order valence-electron chi connectivity index (χ1n) is 6.98. The molecule has 0 saturated heterocycles. The van der Waals surface area contributed by atoms with E-state index in [9.17, 15) is 9.59 Å². The second-order valence-electron chi connectivity index (χ2n) is 5.15. The summed E-state index contributed by atoms with van der Waals surface area (Å²) in [7, 11) is 0. The van der Waals surface area contributed by atoms with E-state index in [0.29, 0.717) is 16.3 Å². The van der Waals surface area contributed by atoms with E-state index in [1.165, 1.54) is 11.3 Å². The summed E-state index contributed by atoms with van der Waals surface area (Å²) in [4.78, 5) is 24.5. The number of hydrogen-bond donors (Lipinski definition) is 3. The Kier molecular flexibility index (Phi) is 7.22. The highest BCUT2D eigenvalue weighted by Gasteiger charge is 2.17. The number of nitrogens with two attached hydrogens (primary N) is 1. The lowest BCUT2D eigenvalue weighted by atomic mass is 10.0. The maximum Gasteiger partial charge on any atom is 0.265 e. The predicted octanol–water partition coefficient (Wildman–Crippen LogP) is 3.34. The van der Waals surface area contributed by atoms with Crippen LogP contribution in [0.25, 0.3) is 0 Å². The van der Waals surface area contributed by atoms with E-state index in [1.54, 1.807) is 44.2 Å². The number of hydrogen-bond acceptors (Lipinski definition) is 4. The third-order valence-corrected chi connectivity index (χ3v) is 4.23. The van der Waals surface area contributed by atoms with Crippen molar-refractivity contribution in [2.45, 2.75) is 19.9 Å². The monoisotopic (exact) mass is 353 g/mol. The molecule has 2 aromatic rings. The van der Waals surface area contributed by atoms with Crippen LogP contribution in [0.15, 0.2) is 41.8 Å². The molecule has 5 nitrogen and oxygen atoms in total. The summed E-state index contributed by atoms with van der Waals surface area (Å²) in [6.45, 7) is 3.59. The molecule has 0 bridgehead atoms. The Morgan fingerprint density at radius 3 is 2.09 bits per heavy atom. The largest absolute Gasteiger partial charge is 0.327 e. The molecular formula is C16H20ClN3O2S. The fourth-order valence-corrected chi connectivity index (χ4v) is 2.35. The Hall–Kier alpha value is -1.89. The van der Waals surface area contributed by atoms with Gasteiger partial charge in [-0.25, -0.2) is 0 Å². The smallest absolute Gasteiger partial charge is 0.265 e. The van der Waals surface area contributed by atoms with E-state index in [2.05, 4.69) is 10.6 Å². The van der Waals surface area contributed by atoms with Crippen LogP contribution in [-0.4, -0.2) is 17.9 Å². The minimum Gasteiger partial charge on any atom is -0.327 e. The van der Waals surface area contributed by atoms with Crippen molar-refractivity contribution in [3.8, 4) is 0 Å². The van der Waals surface area contributed by atoms with Crippen LogP contribution in [0.1, 0.15) is 23.5 Å². The van der Waals surface area contributed by atoms with Gasteiger partial charge in [-0.3, -0.25) is 9.59 Å². The SMILES string of the molecule is CC(N)C(C)C(=O)Nc1ccc(NC(=O)c2cccs2)cc1.Cl. The summed E-state index contributed by atoms with van der Waals surface area (Å²) in [6.07, 6.45) is 0. The Morgan fingerprint density at radius 2 is 1.61 bits per heavy atom. The molecule has 2 rings (SSSR count). The molecule has 2 atom stereocenters. The predicted molar refractivity (Wildman–Crippen MR) is 97.4 cm³/mol. The summed E-state index contributed by atoms with van der Waals surface area (Å²) in [6, 6.07) is 10.4. The molecule has 1 aromatic carbocycles. The average molecular weight is 354 g/mol. The zero-order chi connectivity index (χ0) is 16.1. The lowest BCUT2D eigenvalue weighted by Crippen LogP contribution is -2.34. The molecule has 0 saturated carbocycles. The van der Waals surface area contributed by atoms with E-state index in [0.717, 1.165) is 0 Å². The third kappa shape index (κ3) is 5.35. The standard InChI is InChI=1S/C16H19N3O2S.ClH/c1-10(11(2)17)15(20)18-12-5-7-13(8-6-12)19-16(21)14-4-3-9-22-14;/h3-11H,17H2,1-2H3,(H,18,20)(H,19,21);1H. The Bertz CT molecular complexity index is 642. The average Bonchev–Trinajstić information content (AvgIpc) is 3.02. The second kappa shape index (κ2) is 8.67. The van der Waals surface area contributed by atoms with Gasteiger partial charge in [0.15, 0.2) is 0 Å². The molecule has 0 aliphatic rings. The van der Waals surface area contributed by atoms with Crippen molar-refractivity contribution in [2.75, 3.05) is 10.6 Å². The molecule has 124 valence electrons. The number of benzene rings is 1. The van der Waals surface area contributed by atoms with Crippen LogP contribution in [-0.2, 0) is 4.79 Å². The van der Waals surface area contributed by atoms with Crippen molar-refractivity contribution in [2.24, 2.45) is 11.7 Å². The van der Waals surface area contributed by atoms with Crippen molar-refractivity contribution >= 4 is 46.9 Å². The molecule has 4 N–H and O–H groups in total. The number of anilines is 2. The van der Waals surface area contributed by atoms with Gasteiger partial charge in [-0.2, -0.15) is 0 Å². The third-order valence-electron chi connectivity index (χ3n) is 3.36. The molecule has 1 heterocycles. The summed E-state index contributed by atoms with van der Waals surface area (Å²) >= 11 is 1.39. The lowest BCUT2D eigenvalue weighted by Gasteiger charge is -2.15. The molecule has 0 radical (unpaired) electrons. The fourth-order valence-electron chi connectivity index (χ4n) is 1.73. The van der Waals surface area contributed by atoms with Gasteiger partial charge in [0.2, 0.25) is 5.91 Å². The molecule has 7 heteroatoms. The first kappa shape index (κ1) is 19.2. The minimum absolute atomic E-state index is 0. The van der Waals surface area contributed by atoms with Crippen LogP contribution < -0.4 is 16.4 Å². The first-order chi connectivity index (χ1) is 10.5. The lowest BCUT2D eigenvalue weighted by molar-refractivity contribution is -0.119. The number of carbonyl (C=O) groups is 2. The quantitative estimate of drug-likeness (QED) is 0.770. The molecule has 0 spiro atoms. The molecule has 23 heavy (non-hydrogen) atoms. The highest BCUT2D eigenvalue weighted by atomic mass is 35.5. The molecule has 2 unspecified atom stereocenters. The number of halogens is 1. The molecule has 1 aromatic heterocycles. The zero-order valence-electron chi connectivity index (χ0n) is 12.9. The van der Waals surface area contributed by atoms with Gasteiger partial charge in [-0.05, 0) is 42.6 Å². The van der Waals surface area contributed by atoms with Gasteiger partial charge in [0.05, 0.1) is 10.8 Å². The van der Waals surface area contributed by atoms with Crippen LogP contribution in [0.2, 0.25) is 0 Å². The van der Waals surface area contributed by atoms with Crippen molar-refractivity contribution in [3.05, 3.63) is 46.7 Å². The highest BCUT2D eigenvalue weighted by Crippen LogP contribution is 2.17. The Labute approximate surface area is 145 Å². The van der Waals surface area contributed by atoms with Crippen molar-refractivity contribution in [1.29, 1.82) is 0 Å². The summed E-state index contributed by atoms with van der Waals surface area (Å²) < 4.78 is 0. The highest BCUT2D eigenvalue weighted by molar-refractivity contribution is 7.12. The molecule has 0 aliphatic carbocycles. The summed E-state index contributed by atoms with van der Waals surface area (Å²) in [5.41, 5.74) is 7.06. The first-order valence-corrected chi connectivity index (χ1v) is 7.86. The Morgan fingerprint density at radius 1 is 1.04 bits per heavy atom. The van der Waals surface area contributed by atoms with Crippen LogP contribution in [0.5, 0.6) is 0 Å². The Balaban J connectivity index is 0.00000264. The minimum atomic E-state index is -0.266. The van der Waals surface area contributed by atoms with Gasteiger partial charge >= 0.3 is 0 Å². The molecular weight excluding hydrogens is 334 g/mol. The maximum absolute atomic E-state index is 11.9. The van der Waals surface area contributed by atoms with Gasteiger partial charge in [0.1, 0.15) is 0 Å². The number of carbonyl (C=O) groups excluding carboxylic acids is 2. The van der Waals surface area contributed by atoms with Crippen molar-refractivity contribution in [3.63, 3.8) is 0 Å². The number of thiophene rings is 1. The molecule has 0 aliphatic heterocycles. The number of amides is 2. The second-order valence-corrected chi connectivity index (χ2v) is 6.09. The zero-order valence-corrected chi connectivity index (χ0v) is 14.5. The van der Waals surface area contributed by atoms with Crippen molar-refractivity contribution < 1.29 is 9.59 Å². The number of nitrogens with one attached hydrogen (secondary N) is 2. The van der Waals surface area contributed by atoms with E-state index < -0.39 is 0 Å². The summed E-state index contributed by atoms with van der Waals surface area (Å²) in [5, 5.41) is 7.46. The van der Waals surface area contributed by atoms with E-state index in [4.69, 9.17) is 5.73 Å². The fraction of sp³-hybridized carbons (Fsp3) is 0.250. The van der Waals surface area contributed by atoms with Crippen LogP contribution >= 0.6 is 23.7 Å². The van der Waals surface area contributed by atoms with E-state index in [1.807, 2.05) is 11.4 Å².